The number of morpholine rings is 1. The zero-order valence-electron chi connectivity index (χ0n) is 12.7. The minimum absolute atomic E-state index is 0.114. The van der Waals surface area contributed by atoms with Crippen molar-refractivity contribution >= 4 is 11.8 Å². The van der Waals surface area contributed by atoms with Gasteiger partial charge in [0.05, 0.1) is 18.8 Å². The number of hydrogen-bond donors (Lipinski definition) is 2. The van der Waals surface area contributed by atoms with Crippen LogP contribution < -0.4 is 5.73 Å². The summed E-state index contributed by atoms with van der Waals surface area (Å²) in [7, 11) is 0. The number of nitrogens with one attached hydrogen (secondary N) is 1. The lowest BCUT2D eigenvalue weighted by Crippen LogP contribution is -2.58. The van der Waals surface area contributed by atoms with Crippen LogP contribution in [0.2, 0.25) is 0 Å². The van der Waals surface area contributed by atoms with Gasteiger partial charge in [0.1, 0.15) is 5.69 Å². The highest BCUT2D eigenvalue weighted by molar-refractivity contribution is 5.94. The zero-order valence-corrected chi connectivity index (χ0v) is 12.7. The van der Waals surface area contributed by atoms with Crippen LogP contribution in [0.3, 0.4) is 0 Å². The van der Waals surface area contributed by atoms with Crippen LogP contribution in [0.5, 0.6) is 0 Å². The lowest BCUT2D eigenvalue weighted by Gasteiger charge is -2.38. The van der Waals surface area contributed by atoms with E-state index in [-0.39, 0.29) is 19.1 Å². The summed E-state index contributed by atoms with van der Waals surface area (Å²) in [5.41, 5.74) is 5.98. The van der Waals surface area contributed by atoms with Gasteiger partial charge in [0.25, 0.3) is 11.8 Å². The summed E-state index contributed by atoms with van der Waals surface area (Å²) in [5, 5.41) is 6.87. The minimum atomic E-state index is -1.17. The Hall–Kier alpha value is -2.74. The molecular formula is C15H17N5O3. The van der Waals surface area contributed by atoms with Crippen LogP contribution in [-0.4, -0.2) is 57.2 Å². The van der Waals surface area contributed by atoms with E-state index in [1.54, 1.807) is 31.5 Å². The van der Waals surface area contributed by atoms with Crippen molar-refractivity contribution < 1.29 is 14.3 Å². The first kappa shape index (κ1) is 15.2. The van der Waals surface area contributed by atoms with Crippen molar-refractivity contribution in [3.8, 4) is 11.3 Å². The van der Waals surface area contributed by atoms with E-state index < -0.39 is 11.5 Å². The van der Waals surface area contributed by atoms with Gasteiger partial charge >= 0.3 is 0 Å². The smallest absolute Gasteiger partial charge is 0.272 e. The van der Waals surface area contributed by atoms with Gasteiger partial charge in [-0.05, 0) is 25.1 Å². The number of hydrogen-bond acceptors (Lipinski definition) is 5. The molecule has 1 saturated heterocycles. The normalized spacial score (nSPS) is 21.2. The molecule has 3 N–H and O–H groups in total. The summed E-state index contributed by atoms with van der Waals surface area (Å²) in [6.45, 7) is 2.35. The van der Waals surface area contributed by atoms with Crippen molar-refractivity contribution in [3.63, 3.8) is 0 Å². The molecule has 2 aromatic rings. The maximum Gasteiger partial charge on any atom is 0.272 e. The molecule has 1 aliphatic heterocycles. The third-order valence-electron chi connectivity index (χ3n) is 3.85. The highest BCUT2D eigenvalue weighted by Crippen LogP contribution is 2.21. The molecule has 0 aliphatic carbocycles. The van der Waals surface area contributed by atoms with Gasteiger partial charge in [-0.2, -0.15) is 5.10 Å². The Kier molecular flexibility index (Phi) is 3.83. The van der Waals surface area contributed by atoms with Crippen LogP contribution in [0.15, 0.2) is 30.6 Å². The summed E-state index contributed by atoms with van der Waals surface area (Å²) >= 11 is 0. The summed E-state index contributed by atoms with van der Waals surface area (Å²) < 4.78 is 5.42. The first-order valence-corrected chi connectivity index (χ1v) is 7.18. The number of rotatable bonds is 3. The Labute approximate surface area is 132 Å². The van der Waals surface area contributed by atoms with E-state index >= 15 is 0 Å². The molecule has 0 spiro atoms. The number of carbonyl (C=O) groups is 2. The largest absolute Gasteiger partial charge is 0.367 e. The Morgan fingerprint density at radius 2 is 2.30 bits per heavy atom. The van der Waals surface area contributed by atoms with Gasteiger partial charge in [-0.25, -0.2) is 0 Å². The van der Waals surface area contributed by atoms with Crippen LogP contribution in [-0.2, 0) is 9.53 Å². The number of H-pyrrole nitrogens is 1. The average Bonchev–Trinajstić information content (AvgIpc) is 3.05. The van der Waals surface area contributed by atoms with Crippen molar-refractivity contribution in [1.29, 1.82) is 0 Å². The second kappa shape index (κ2) is 5.81. The number of nitrogens with zero attached hydrogens (tertiary/aromatic N) is 3. The van der Waals surface area contributed by atoms with Crippen LogP contribution in [0.4, 0.5) is 0 Å². The number of pyridine rings is 1. The number of ether oxygens (including phenoxy) is 1. The van der Waals surface area contributed by atoms with Crippen molar-refractivity contribution in [2.45, 2.75) is 12.5 Å². The van der Waals surface area contributed by atoms with E-state index in [0.29, 0.717) is 17.9 Å². The fourth-order valence-electron chi connectivity index (χ4n) is 2.46. The highest BCUT2D eigenvalue weighted by atomic mass is 16.5. The molecule has 2 aromatic heterocycles. The highest BCUT2D eigenvalue weighted by Gasteiger charge is 2.39. The number of primary amides is 1. The Morgan fingerprint density at radius 1 is 1.48 bits per heavy atom. The second-order valence-corrected chi connectivity index (χ2v) is 5.58. The van der Waals surface area contributed by atoms with Gasteiger partial charge < -0.3 is 15.4 Å². The number of nitrogens with two attached hydrogens (primary N) is 1. The predicted octanol–water partition coefficient (Wildman–Crippen LogP) is 0.188. The maximum absolute atomic E-state index is 12.6. The standard InChI is InChI=1S/C15H17N5O3/c1-15(14(16)22)9-20(5-6-23-15)13(21)12-7-11(18-19-12)10-3-2-4-17-8-10/h2-4,7-8H,5-6,9H2,1H3,(H2,16,22)(H,18,19)/t15-/m1/s1. The van der Waals surface area contributed by atoms with Crippen molar-refractivity contribution in [1.82, 2.24) is 20.1 Å². The molecule has 1 fully saturated rings. The molecule has 8 heteroatoms. The molecule has 23 heavy (non-hydrogen) atoms. The molecular weight excluding hydrogens is 298 g/mol. The van der Waals surface area contributed by atoms with Gasteiger partial charge in [-0.15, -0.1) is 0 Å². The van der Waals surface area contributed by atoms with Crippen molar-refractivity contribution in [3.05, 3.63) is 36.3 Å². The molecule has 3 rings (SSSR count). The fraction of sp³-hybridized carbons (Fsp3) is 0.333. The summed E-state index contributed by atoms with van der Waals surface area (Å²) in [6, 6.07) is 5.32. The summed E-state index contributed by atoms with van der Waals surface area (Å²) in [4.78, 5) is 29.7. The molecule has 0 saturated carbocycles. The van der Waals surface area contributed by atoms with Gasteiger partial charge in [0.2, 0.25) is 0 Å². The summed E-state index contributed by atoms with van der Waals surface area (Å²) in [6.07, 6.45) is 3.34. The van der Waals surface area contributed by atoms with Gasteiger partial charge in [-0.1, -0.05) is 0 Å². The molecule has 3 heterocycles. The molecule has 120 valence electrons. The zero-order chi connectivity index (χ0) is 16.4. The Balaban J connectivity index is 1.79. The fourth-order valence-corrected chi connectivity index (χ4v) is 2.46. The van der Waals surface area contributed by atoms with Crippen LogP contribution >= 0.6 is 0 Å². The van der Waals surface area contributed by atoms with E-state index in [0.717, 1.165) is 5.56 Å². The van der Waals surface area contributed by atoms with E-state index in [1.807, 2.05) is 6.07 Å². The number of amides is 2. The SMILES string of the molecule is C[C@]1(C(N)=O)CN(C(=O)c2cc(-c3cccnc3)n[nH]2)CCO1. The van der Waals surface area contributed by atoms with Crippen LogP contribution in [0.1, 0.15) is 17.4 Å². The quantitative estimate of drug-likeness (QED) is 0.839. The number of aromatic amines is 1. The molecule has 0 bridgehead atoms. The Morgan fingerprint density at radius 3 is 3.00 bits per heavy atom. The van der Waals surface area contributed by atoms with Crippen LogP contribution in [0, 0.1) is 0 Å². The number of carbonyl (C=O) groups excluding carboxylic acids is 2. The van der Waals surface area contributed by atoms with E-state index in [9.17, 15) is 9.59 Å². The van der Waals surface area contributed by atoms with Crippen molar-refractivity contribution in [2.75, 3.05) is 19.7 Å². The molecule has 0 radical (unpaired) electrons. The van der Waals surface area contributed by atoms with E-state index in [4.69, 9.17) is 10.5 Å². The molecule has 8 nitrogen and oxygen atoms in total. The predicted molar refractivity (Wildman–Crippen MR) is 81.3 cm³/mol. The van der Waals surface area contributed by atoms with E-state index in [2.05, 4.69) is 15.2 Å². The molecule has 0 unspecified atom stereocenters. The molecule has 2 amide bonds. The third-order valence-corrected chi connectivity index (χ3v) is 3.85. The minimum Gasteiger partial charge on any atom is -0.367 e. The van der Waals surface area contributed by atoms with Crippen molar-refractivity contribution in [2.24, 2.45) is 5.73 Å². The number of aromatic nitrogens is 3. The Bertz CT molecular complexity index is 730. The monoisotopic (exact) mass is 315 g/mol. The van der Waals surface area contributed by atoms with Crippen LogP contribution in [0.25, 0.3) is 11.3 Å². The topological polar surface area (TPSA) is 114 Å². The molecule has 1 aliphatic rings. The maximum atomic E-state index is 12.6. The lowest BCUT2D eigenvalue weighted by atomic mass is 10.0. The lowest BCUT2D eigenvalue weighted by molar-refractivity contribution is -0.150. The summed E-state index contributed by atoms with van der Waals surface area (Å²) in [5.74, 6) is -0.834. The first-order chi connectivity index (χ1) is 11.0. The van der Waals surface area contributed by atoms with Gasteiger partial charge in [0.15, 0.2) is 5.60 Å². The third kappa shape index (κ3) is 2.93. The second-order valence-electron chi connectivity index (χ2n) is 5.58. The average molecular weight is 315 g/mol. The molecule has 0 aromatic carbocycles. The first-order valence-electron chi connectivity index (χ1n) is 7.18. The molecule has 1 atom stereocenters. The van der Waals surface area contributed by atoms with Gasteiger partial charge in [-0.3, -0.25) is 19.7 Å². The van der Waals surface area contributed by atoms with E-state index in [1.165, 1.54) is 4.90 Å². The van der Waals surface area contributed by atoms with Gasteiger partial charge in [0, 0.05) is 24.5 Å².